The molecule has 234 valence electrons. The summed E-state index contributed by atoms with van der Waals surface area (Å²) in [6.45, 7) is 0. The van der Waals surface area contributed by atoms with Crippen molar-refractivity contribution >= 4 is 103 Å². The molecule has 11 rings (SSSR count). The van der Waals surface area contributed by atoms with Crippen LogP contribution in [0.15, 0.2) is 174 Å². The van der Waals surface area contributed by atoms with Crippen molar-refractivity contribution in [2.75, 3.05) is 4.90 Å². The first-order valence-corrected chi connectivity index (χ1v) is 17.7. The lowest BCUT2D eigenvalue weighted by Gasteiger charge is -2.26. The molecule has 0 atom stereocenters. The maximum absolute atomic E-state index is 6.46. The summed E-state index contributed by atoms with van der Waals surface area (Å²) < 4.78 is 11.4. The highest BCUT2D eigenvalue weighted by molar-refractivity contribution is 7.26. The molecule has 0 radical (unpaired) electrons. The molecule has 0 aliphatic heterocycles. The minimum absolute atomic E-state index is 0.877. The van der Waals surface area contributed by atoms with Crippen molar-refractivity contribution in [2.45, 2.75) is 0 Å². The first kappa shape index (κ1) is 27.6. The molecule has 8 aromatic carbocycles. The van der Waals surface area contributed by atoms with Crippen LogP contribution in [0.25, 0.3) is 80.4 Å². The van der Waals surface area contributed by atoms with Crippen molar-refractivity contribution in [3.63, 3.8) is 0 Å². The monoisotopic (exact) mass is 656 g/mol. The van der Waals surface area contributed by atoms with Gasteiger partial charge in [-0.3, -0.25) is 0 Å². The molecule has 0 N–H and O–H groups in total. The van der Waals surface area contributed by atoms with Crippen LogP contribution in [0.4, 0.5) is 17.1 Å². The van der Waals surface area contributed by atoms with Gasteiger partial charge in [-0.1, -0.05) is 97.1 Å². The van der Waals surface area contributed by atoms with Gasteiger partial charge < -0.3 is 13.9 Å². The molecule has 0 spiro atoms. The van der Waals surface area contributed by atoms with Crippen LogP contribution < -0.4 is 4.90 Å². The van der Waals surface area contributed by atoms with E-state index in [2.05, 4.69) is 167 Å². The lowest BCUT2D eigenvalue weighted by Crippen LogP contribution is -2.10. The van der Waals surface area contributed by atoms with Gasteiger partial charge in [-0.2, -0.15) is 0 Å². The predicted molar refractivity (Wildman–Crippen MR) is 213 cm³/mol. The smallest absolute Gasteiger partial charge is 0.137 e. The van der Waals surface area contributed by atoms with Crippen LogP contribution in [0.3, 0.4) is 0 Å². The summed E-state index contributed by atoms with van der Waals surface area (Å²) in [6, 6.07) is 61.2. The molecule has 3 heterocycles. The minimum Gasteiger partial charge on any atom is -0.456 e. The molecule has 0 fully saturated rings. The third-order valence-corrected chi connectivity index (χ3v) is 11.3. The quantitative estimate of drug-likeness (QED) is 0.188. The Morgan fingerprint density at radius 2 is 1.14 bits per heavy atom. The Hall–Kier alpha value is -6.36. The molecule has 0 unspecified atom stereocenters. The second-order valence-electron chi connectivity index (χ2n) is 12.9. The zero-order valence-electron chi connectivity index (χ0n) is 26.9. The van der Waals surface area contributed by atoms with Crippen LogP contribution >= 0.6 is 11.3 Å². The van der Waals surface area contributed by atoms with Gasteiger partial charge in [0.25, 0.3) is 0 Å². The molecule has 11 aromatic rings. The van der Waals surface area contributed by atoms with Crippen molar-refractivity contribution in [2.24, 2.45) is 0 Å². The number of hydrogen-bond acceptors (Lipinski definition) is 3. The van der Waals surface area contributed by atoms with Crippen LogP contribution in [-0.4, -0.2) is 4.57 Å². The molecule has 3 nitrogen and oxygen atoms in total. The second kappa shape index (κ2) is 10.6. The third-order valence-electron chi connectivity index (χ3n) is 10.2. The van der Waals surface area contributed by atoms with E-state index < -0.39 is 0 Å². The number of hydrogen-bond donors (Lipinski definition) is 0. The van der Waals surface area contributed by atoms with Crippen molar-refractivity contribution in [1.29, 1.82) is 0 Å². The van der Waals surface area contributed by atoms with E-state index in [0.717, 1.165) is 44.7 Å². The van der Waals surface area contributed by atoms with Crippen molar-refractivity contribution in [3.05, 3.63) is 170 Å². The average molecular weight is 657 g/mol. The van der Waals surface area contributed by atoms with Gasteiger partial charge >= 0.3 is 0 Å². The highest BCUT2D eigenvalue weighted by Gasteiger charge is 2.22. The van der Waals surface area contributed by atoms with Gasteiger partial charge in [0.1, 0.15) is 11.2 Å². The number of fused-ring (bicyclic) bond motifs is 11. The maximum atomic E-state index is 6.46. The van der Waals surface area contributed by atoms with E-state index in [-0.39, 0.29) is 0 Å². The first-order chi connectivity index (χ1) is 24.8. The van der Waals surface area contributed by atoms with E-state index in [4.69, 9.17) is 4.42 Å². The Morgan fingerprint density at radius 3 is 2.04 bits per heavy atom. The number of thiophene rings is 1. The molecule has 0 saturated carbocycles. The van der Waals surface area contributed by atoms with Crippen LogP contribution in [0.2, 0.25) is 0 Å². The summed E-state index contributed by atoms with van der Waals surface area (Å²) in [4.78, 5) is 2.42. The van der Waals surface area contributed by atoms with Gasteiger partial charge in [-0.15, -0.1) is 11.3 Å². The van der Waals surface area contributed by atoms with Crippen LogP contribution in [0, 0.1) is 0 Å². The Balaban J connectivity index is 1.21. The molecule has 0 bridgehead atoms. The van der Waals surface area contributed by atoms with E-state index in [1.165, 1.54) is 52.8 Å². The zero-order valence-corrected chi connectivity index (χ0v) is 27.7. The fraction of sp³-hybridized carbons (Fsp3) is 0. The van der Waals surface area contributed by atoms with Crippen molar-refractivity contribution < 1.29 is 4.42 Å². The molecule has 0 saturated heterocycles. The predicted octanol–water partition coefficient (Wildman–Crippen LogP) is 13.7. The highest BCUT2D eigenvalue weighted by Crippen LogP contribution is 2.47. The zero-order chi connectivity index (χ0) is 32.8. The van der Waals surface area contributed by atoms with E-state index in [9.17, 15) is 0 Å². The number of nitrogens with zero attached hydrogens (tertiary/aromatic N) is 2. The topological polar surface area (TPSA) is 21.3 Å². The van der Waals surface area contributed by atoms with Gasteiger partial charge in [-0.05, 0) is 77.5 Å². The Kier molecular flexibility index (Phi) is 5.83. The number of rotatable bonds is 4. The lowest BCUT2D eigenvalue weighted by molar-refractivity contribution is 0.669. The van der Waals surface area contributed by atoms with Gasteiger partial charge in [0.05, 0.1) is 16.7 Å². The summed E-state index contributed by atoms with van der Waals surface area (Å²) in [5.74, 6) is 0. The third kappa shape index (κ3) is 3.97. The van der Waals surface area contributed by atoms with E-state index in [1.807, 2.05) is 23.5 Å². The molecule has 50 heavy (non-hydrogen) atoms. The molecule has 0 aliphatic rings. The Labute approximate surface area is 291 Å². The second-order valence-corrected chi connectivity index (χ2v) is 14.0. The molecular formula is C46H28N2OS. The van der Waals surface area contributed by atoms with Crippen LogP contribution in [0.5, 0.6) is 0 Å². The number of benzene rings is 8. The molecule has 0 amide bonds. The Bertz CT molecular complexity index is 3110. The van der Waals surface area contributed by atoms with Gasteiger partial charge in [0.2, 0.25) is 0 Å². The van der Waals surface area contributed by atoms with Gasteiger partial charge in [0.15, 0.2) is 0 Å². The summed E-state index contributed by atoms with van der Waals surface area (Å²) in [7, 11) is 0. The van der Waals surface area contributed by atoms with E-state index in [0.29, 0.717) is 0 Å². The normalized spacial score (nSPS) is 12.0. The summed E-state index contributed by atoms with van der Waals surface area (Å²) in [6.07, 6.45) is 0. The lowest BCUT2D eigenvalue weighted by atomic mass is 10.0. The first-order valence-electron chi connectivity index (χ1n) is 16.9. The van der Waals surface area contributed by atoms with Crippen molar-refractivity contribution in [1.82, 2.24) is 4.57 Å². The van der Waals surface area contributed by atoms with E-state index >= 15 is 0 Å². The largest absolute Gasteiger partial charge is 0.456 e. The standard InChI is InChI=1S/C46H28N2OS/c1-2-12-30(13-3-1)48-38-17-8-6-16-36(38)46-39(18-10-19-40(46)48)47(31-22-24-35-34-15-7-9-20-41(34)49-42(35)27-31)32-23-25-37-44(28-32)50-43-26-21-29-11-4-5-14-33(29)45(37)43/h1-28H. The van der Waals surface area contributed by atoms with Crippen LogP contribution in [-0.2, 0) is 0 Å². The number of anilines is 3. The van der Waals surface area contributed by atoms with Gasteiger partial charge in [0, 0.05) is 64.8 Å². The van der Waals surface area contributed by atoms with Crippen LogP contribution in [0.1, 0.15) is 0 Å². The summed E-state index contributed by atoms with van der Waals surface area (Å²) >= 11 is 1.86. The number of aromatic nitrogens is 1. The Morgan fingerprint density at radius 1 is 0.440 bits per heavy atom. The molecule has 4 heteroatoms. The summed E-state index contributed by atoms with van der Waals surface area (Å²) in [5, 5.41) is 9.86. The number of furan rings is 1. The number of para-hydroxylation sites is 3. The fourth-order valence-corrected chi connectivity index (χ4v) is 9.15. The van der Waals surface area contributed by atoms with Gasteiger partial charge in [-0.25, -0.2) is 0 Å². The highest BCUT2D eigenvalue weighted by atomic mass is 32.1. The minimum atomic E-state index is 0.877. The molecular weight excluding hydrogens is 629 g/mol. The maximum Gasteiger partial charge on any atom is 0.137 e. The SMILES string of the molecule is c1ccc(-n2c3ccccc3c3c(N(c4ccc5c(c4)oc4ccccc45)c4ccc5c(c4)sc4ccc6ccccc6c45)cccc32)cc1. The van der Waals surface area contributed by atoms with Crippen molar-refractivity contribution in [3.8, 4) is 5.69 Å². The molecule has 3 aromatic heterocycles. The average Bonchev–Trinajstić information content (AvgIpc) is 3.84. The fourth-order valence-electron chi connectivity index (χ4n) is 8.00. The summed E-state index contributed by atoms with van der Waals surface area (Å²) in [5.41, 5.74) is 8.54. The molecule has 0 aliphatic carbocycles. The van der Waals surface area contributed by atoms with E-state index in [1.54, 1.807) is 0 Å².